The van der Waals surface area contributed by atoms with E-state index in [4.69, 9.17) is 11.6 Å². The molecule has 1 N–H and O–H groups in total. The van der Waals surface area contributed by atoms with Gasteiger partial charge in [0.15, 0.2) is 0 Å². The highest BCUT2D eigenvalue weighted by molar-refractivity contribution is 6.31. The first-order valence-electron chi connectivity index (χ1n) is 4.31. The summed E-state index contributed by atoms with van der Waals surface area (Å²) < 4.78 is 13.1. The molecule has 0 aliphatic heterocycles. The summed E-state index contributed by atoms with van der Waals surface area (Å²) in [5.74, 6) is -0.676. The molecule has 0 unspecified atom stereocenters. The summed E-state index contributed by atoms with van der Waals surface area (Å²) in [4.78, 5) is 10.1. The van der Waals surface area contributed by atoms with Gasteiger partial charge in [0.05, 0.1) is 9.95 Å². The standard InChI is InChI=1S/C9H10ClFN2O2/c1-5(2)12-8-4-7(11)6(10)3-9(8)13(14)15/h3-5,12H,1-2H3. The van der Waals surface area contributed by atoms with Gasteiger partial charge in [0.1, 0.15) is 11.5 Å². The molecule has 1 aromatic carbocycles. The van der Waals surface area contributed by atoms with E-state index in [1.165, 1.54) is 0 Å². The molecule has 0 atom stereocenters. The van der Waals surface area contributed by atoms with Crippen LogP contribution in [0.5, 0.6) is 0 Å². The topological polar surface area (TPSA) is 55.2 Å². The molecule has 82 valence electrons. The monoisotopic (exact) mass is 232 g/mol. The Morgan fingerprint density at radius 1 is 1.53 bits per heavy atom. The predicted molar refractivity (Wildman–Crippen MR) is 56.8 cm³/mol. The summed E-state index contributed by atoms with van der Waals surface area (Å²) in [6.45, 7) is 3.60. The average Bonchev–Trinajstić information content (AvgIpc) is 2.09. The van der Waals surface area contributed by atoms with Crippen LogP contribution in [0.25, 0.3) is 0 Å². The van der Waals surface area contributed by atoms with Gasteiger partial charge < -0.3 is 5.32 Å². The third-order valence-corrected chi connectivity index (χ3v) is 1.97. The van der Waals surface area contributed by atoms with Gasteiger partial charge >= 0.3 is 0 Å². The molecular formula is C9H10ClFN2O2. The first-order valence-corrected chi connectivity index (χ1v) is 4.69. The molecule has 1 aromatic rings. The Kier molecular flexibility index (Phi) is 3.47. The molecule has 6 heteroatoms. The number of nitrogens with one attached hydrogen (secondary N) is 1. The van der Waals surface area contributed by atoms with Crippen molar-refractivity contribution < 1.29 is 9.31 Å². The van der Waals surface area contributed by atoms with Crippen LogP contribution >= 0.6 is 11.6 Å². The Hall–Kier alpha value is -1.36. The molecule has 0 heterocycles. The van der Waals surface area contributed by atoms with Crippen molar-refractivity contribution in [3.8, 4) is 0 Å². The smallest absolute Gasteiger partial charge is 0.294 e. The number of benzene rings is 1. The van der Waals surface area contributed by atoms with Crippen LogP contribution in [-0.4, -0.2) is 11.0 Å². The number of nitro groups is 1. The number of anilines is 1. The third-order valence-electron chi connectivity index (χ3n) is 1.68. The molecule has 0 saturated heterocycles. The molecule has 0 fully saturated rings. The van der Waals surface area contributed by atoms with Gasteiger partial charge in [-0.05, 0) is 13.8 Å². The van der Waals surface area contributed by atoms with Gasteiger partial charge in [0, 0.05) is 18.2 Å². The fourth-order valence-electron chi connectivity index (χ4n) is 1.11. The maximum atomic E-state index is 13.1. The van der Waals surface area contributed by atoms with Crippen molar-refractivity contribution in [1.29, 1.82) is 0 Å². The number of hydrogen-bond donors (Lipinski definition) is 1. The van der Waals surface area contributed by atoms with Crippen molar-refractivity contribution in [2.75, 3.05) is 5.32 Å². The Morgan fingerprint density at radius 3 is 2.60 bits per heavy atom. The quantitative estimate of drug-likeness (QED) is 0.643. The molecule has 0 spiro atoms. The van der Waals surface area contributed by atoms with Gasteiger partial charge in [-0.3, -0.25) is 10.1 Å². The summed E-state index contributed by atoms with van der Waals surface area (Å²) in [7, 11) is 0. The van der Waals surface area contributed by atoms with Gasteiger partial charge in [0.2, 0.25) is 0 Å². The van der Waals surface area contributed by atoms with Gasteiger partial charge in [0.25, 0.3) is 5.69 Å². The maximum Gasteiger partial charge on any atom is 0.294 e. The number of halogens is 2. The molecule has 1 rings (SSSR count). The van der Waals surface area contributed by atoms with Crippen molar-refractivity contribution in [3.05, 3.63) is 33.1 Å². The average molecular weight is 233 g/mol. The van der Waals surface area contributed by atoms with Crippen molar-refractivity contribution in [3.63, 3.8) is 0 Å². The molecule has 0 aliphatic rings. The second-order valence-corrected chi connectivity index (χ2v) is 3.75. The van der Waals surface area contributed by atoms with E-state index >= 15 is 0 Å². The lowest BCUT2D eigenvalue weighted by Gasteiger charge is -2.10. The summed E-state index contributed by atoms with van der Waals surface area (Å²) in [5.41, 5.74) is -0.0907. The largest absolute Gasteiger partial charge is 0.377 e. The van der Waals surface area contributed by atoms with E-state index in [-0.39, 0.29) is 22.4 Å². The van der Waals surface area contributed by atoms with Crippen LogP contribution in [0.15, 0.2) is 12.1 Å². The summed E-state index contributed by atoms with van der Waals surface area (Å²) >= 11 is 5.46. The highest BCUT2D eigenvalue weighted by Crippen LogP contribution is 2.30. The number of hydrogen-bond acceptors (Lipinski definition) is 3. The molecule has 4 nitrogen and oxygen atoms in total. The fourth-order valence-corrected chi connectivity index (χ4v) is 1.27. The van der Waals surface area contributed by atoms with Crippen molar-refractivity contribution in [2.45, 2.75) is 19.9 Å². The minimum atomic E-state index is -0.676. The molecule has 0 amide bonds. The first-order chi connectivity index (χ1) is 6.91. The lowest BCUT2D eigenvalue weighted by molar-refractivity contribution is -0.384. The predicted octanol–water partition coefficient (Wildman–Crippen LogP) is 3.21. The normalized spacial score (nSPS) is 10.5. The summed E-state index contributed by atoms with van der Waals surface area (Å²) in [5, 5.41) is 13.2. The second-order valence-electron chi connectivity index (χ2n) is 3.34. The highest BCUT2D eigenvalue weighted by Gasteiger charge is 2.17. The van der Waals surface area contributed by atoms with Crippen LogP contribution in [-0.2, 0) is 0 Å². The Labute approximate surface area is 91.2 Å². The molecule has 0 aromatic heterocycles. The molecular weight excluding hydrogens is 223 g/mol. The number of nitrogens with zero attached hydrogens (tertiary/aromatic N) is 1. The van der Waals surface area contributed by atoms with Crippen LogP contribution in [0.4, 0.5) is 15.8 Å². The van der Waals surface area contributed by atoms with E-state index in [9.17, 15) is 14.5 Å². The van der Waals surface area contributed by atoms with Crippen LogP contribution in [0.2, 0.25) is 5.02 Å². The van der Waals surface area contributed by atoms with Crippen molar-refractivity contribution in [1.82, 2.24) is 0 Å². The molecule has 0 aliphatic carbocycles. The van der Waals surface area contributed by atoms with E-state index in [0.29, 0.717) is 0 Å². The van der Waals surface area contributed by atoms with Gasteiger partial charge in [-0.15, -0.1) is 0 Å². The Morgan fingerprint density at radius 2 is 2.13 bits per heavy atom. The van der Waals surface area contributed by atoms with Crippen LogP contribution < -0.4 is 5.32 Å². The zero-order valence-electron chi connectivity index (χ0n) is 8.25. The zero-order valence-corrected chi connectivity index (χ0v) is 9.01. The SMILES string of the molecule is CC(C)Nc1cc(F)c(Cl)cc1[N+](=O)[O-]. The van der Waals surface area contributed by atoms with E-state index in [2.05, 4.69) is 5.32 Å². The van der Waals surface area contributed by atoms with Gasteiger partial charge in [-0.2, -0.15) is 0 Å². The van der Waals surface area contributed by atoms with Crippen molar-refractivity contribution >= 4 is 23.0 Å². The lowest BCUT2D eigenvalue weighted by atomic mass is 10.2. The number of rotatable bonds is 3. The van der Waals surface area contributed by atoms with Crippen molar-refractivity contribution in [2.24, 2.45) is 0 Å². The third kappa shape index (κ3) is 2.79. The van der Waals surface area contributed by atoms with E-state index < -0.39 is 10.7 Å². The molecule has 15 heavy (non-hydrogen) atoms. The first kappa shape index (κ1) is 11.7. The summed E-state index contributed by atoms with van der Waals surface area (Å²) in [6, 6.07) is 2.01. The minimum absolute atomic E-state index is 0.0238. The molecule has 0 bridgehead atoms. The lowest BCUT2D eigenvalue weighted by Crippen LogP contribution is -2.11. The Balaban J connectivity index is 3.22. The Bertz CT molecular complexity index is 396. The van der Waals surface area contributed by atoms with Crippen LogP contribution in [0.3, 0.4) is 0 Å². The van der Waals surface area contributed by atoms with Gasteiger partial charge in [-0.1, -0.05) is 11.6 Å². The minimum Gasteiger partial charge on any atom is -0.377 e. The van der Waals surface area contributed by atoms with E-state index in [1.54, 1.807) is 13.8 Å². The zero-order chi connectivity index (χ0) is 11.6. The maximum absolute atomic E-state index is 13.1. The summed E-state index contributed by atoms with van der Waals surface area (Å²) in [6.07, 6.45) is 0. The highest BCUT2D eigenvalue weighted by atomic mass is 35.5. The second kappa shape index (κ2) is 4.44. The van der Waals surface area contributed by atoms with Crippen LogP contribution in [0, 0.1) is 15.9 Å². The van der Waals surface area contributed by atoms with Gasteiger partial charge in [-0.25, -0.2) is 4.39 Å². The number of nitro benzene ring substituents is 1. The van der Waals surface area contributed by atoms with Crippen LogP contribution in [0.1, 0.15) is 13.8 Å². The molecule has 0 radical (unpaired) electrons. The van der Waals surface area contributed by atoms with E-state index in [1.807, 2.05) is 0 Å². The van der Waals surface area contributed by atoms with E-state index in [0.717, 1.165) is 12.1 Å². The fraction of sp³-hybridized carbons (Fsp3) is 0.333. The molecule has 0 saturated carbocycles.